The van der Waals surface area contributed by atoms with Gasteiger partial charge in [0.2, 0.25) is 0 Å². The third kappa shape index (κ3) is 2.83. The monoisotopic (exact) mass is 363 g/mol. The number of nitrogens with one attached hydrogen (secondary N) is 1. The quantitative estimate of drug-likeness (QED) is 0.520. The predicted octanol–water partition coefficient (Wildman–Crippen LogP) is 4.73. The number of esters is 1. The van der Waals surface area contributed by atoms with E-state index in [0.717, 1.165) is 0 Å². The average Bonchev–Trinajstić information content (AvgIpc) is 2.91. The molecule has 2 aromatic carbocycles. The van der Waals surface area contributed by atoms with Crippen molar-refractivity contribution in [3.8, 4) is 5.88 Å². The van der Waals surface area contributed by atoms with Crippen LogP contribution >= 0.6 is 23.2 Å². The highest BCUT2D eigenvalue weighted by Gasteiger charge is 2.35. The van der Waals surface area contributed by atoms with Crippen LogP contribution < -0.4 is 0 Å². The van der Waals surface area contributed by atoms with E-state index >= 15 is 0 Å². The Morgan fingerprint density at radius 1 is 1.21 bits per heavy atom. The predicted molar refractivity (Wildman–Crippen MR) is 94.8 cm³/mol. The summed E-state index contributed by atoms with van der Waals surface area (Å²) in [5.41, 5.74) is 1.92. The summed E-state index contributed by atoms with van der Waals surface area (Å²) in [4.78, 5) is 14.7. The molecule has 0 atom stereocenters. The van der Waals surface area contributed by atoms with Gasteiger partial charge in [-0.2, -0.15) is 0 Å². The van der Waals surface area contributed by atoms with Crippen LogP contribution in [-0.2, 0) is 9.07 Å². The second kappa shape index (κ2) is 6.38. The molecule has 6 heteroatoms. The number of hydrogen-bond donors (Lipinski definition) is 2. The molecule has 124 valence electrons. The zero-order valence-corrected chi connectivity index (χ0v) is 14.4. The van der Waals surface area contributed by atoms with Crippen LogP contribution in [0.15, 0.2) is 48.5 Å². The molecule has 0 fully saturated rings. The molecule has 0 amide bonds. The summed E-state index contributed by atoms with van der Waals surface area (Å²) in [6.45, 7) is 2.03. The maximum atomic E-state index is 11.8. The second-order valence-electron chi connectivity index (χ2n) is 5.27. The number of halogens is 2. The molecule has 0 aliphatic rings. The van der Waals surface area contributed by atoms with Gasteiger partial charge in [0, 0.05) is 10.9 Å². The topological polar surface area (TPSA) is 62.3 Å². The molecule has 2 N–H and O–H groups in total. The number of alkyl halides is 2. The lowest BCUT2D eigenvalue weighted by Gasteiger charge is -2.20. The Hall–Kier alpha value is -2.17. The first kappa shape index (κ1) is 16.7. The lowest BCUT2D eigenvalue weighted by Crippen LogP contribution is -2.12. The minimum Gasteiger partial charge on any atom is -0.494 e. The van der Waals surface area contributed by atoms with E-state index in [2.05, 4.69) is 4.98 Å². The molecule has 0 spiro atoms. The molecule has 3 rings (SSSR count). The SMILES string of the molecule is CCOC(=O)c1ccc2c(C(Cl)(Cl)c3ccccc3)c(O)[nH]c2c1. The number of aromatic nitrogens is 1. The lowest BCUT2D eigenvalue weighted by molar-refractivity contribution is 0.0526. The normalized spacial score (nSPS) is 11.6. The first-order chi connectivity index (χ1) is 11.4. The Morgan fingerprint density at radius 3 is 2.58 bits per heavy atom. The smallest absolute Gasteiger partial charge is 0.338 e. The Labute approximate surface area is 149 Å². The van der Waals surface area contributed by atoms with E-state index in [1.54, 1.807) is 37.3 Å². The van der Waals surface area contributed by atoms with Crippen LogP contribution in [0.1, 0.15) is 28.4 Å². The van der Waals surface area contributed by atoms with Crippen molar-refractivity contribution < 1.29 is 14.6 Å². The number of carbonyl (C=O) groups is 1. The minimum absolute atomic E-state index is 0.139. The van der Waals surface area contributed by atoms with E-state index in [1.165, 1.54) is 0 Å². The van der Waals surface area contributed by atoms with Crippen molar-refractivity contribution in [2.24, 2.45) is 0 Å². The summed E-state index contributed by atoms with van der Waals surface area (Å²) in [7, 11) is 0. The second-order valence-corrected chi connectivity index (χ2v) is 6.60. The van der Waals surface area contributed by atoms with Crippen molar-refractivity contribution in [3.05, 3.63) is 65.2 Å². The van der Waals surface area contributed by atoms with Crippen LogP contribution in [0.2, 0.25) is 0 Å². The number of rotatable bonds is 4. The van der Waals surface area contributed by atoms with Gasteiger partial charge in [0.1, 0.15) is 0 Å². The summed E-state index contributed by atoms with van der Waals surface area (Å²) >= 11 is 13.1. The van der Waals surface area contributed by atoms with Gasteiger partial charge in [0.25, 0.3) is 0 Å². The van der Waals surface area contributed by atoms with Crippen LogP contribution in [0, 0.1) is 0 Å². The van der Waals surface area contributed by atoms with Gasteiger partial charge >= 0.3 is 5.97 Å². The number of benzene rings is 2. The minimum atomic E-state index is -1.44. The average molecular weight is 364 g/mol. The summed E-state index contributed by atoms with van der Waals surface area (Å²) in [5.74, 6) is -0.569. The molecule has 0 bridgehead atoms. The third-order valence-corrected chi connectivity index (χ3v) is 4.55. The maximum absolute atomic E-state index is 11.8. The van der Waals surface area contributed by atoms with Crippen molar-refractivity contribution in [2.75, 3.05) is 6.61 Å². The van der Waals surface area contributed by atoms with Crippen molar-refractivity contribution in [1.82, 2.24) is 4.98 Å². The molecule has 0 saturated heterocycles. The fourth-order valence-electron chi connectivity index (χ4n) is 2.63. The highest BCUT2D eigenvalue weighted by molar-refractivity contribution is 6.50. The number of fused-ring (bicyclic) bond motifs is 1. The number of carbonyl (C=O) groups excluding carboxylic acids is 1. The van der Waals surface area contributed by atoms with E-state index in [1.807, 2.05) is 18.2 Å². The van der Waals surface area contributed by atoms with E-state index in [4.69, 9.17) is 27.9 Å². The summed E-state index contributed by atoms with van der Waals surface area (Å²) in [5, 5.41) is 11.0. The number of H-pyrrole nitrogens is 1. The molecule has 1 heterocycles. The number of hydrogen-bond acceptors (Lipinski definition) is 3. The Balaban J connectivity index is 2.13. The van der Waals surface area contributed by atoms with E-state index in [9.17, 15) is 9.90 Å². The Morgan fingerprint density at radius 2 is 1.92 bits per heavy atom. The summed E-state index contributed by atoms with van der Waals surface area (Å²) in [6.07, 6.45) is 0. The van der Waals surface area contributed by atoms with Gasteiger partial charge in [-0.05, 0) is 24.6 Å². The first-order valence-electron chi connectivity index (χ1n) is 7.40. The van der Waals surface area contributed by atoms with Crippen LogP contribution in [0.3, 0.4) is 0 Å². The van der Waals surface area contributed by atoms with Crippen LogP contribution in [0.5, 0.6) is 5.88 Å². The van der Waals surface area contributed by atoms with Gasteiger partial charge in [-0.25, -0.2) is 4.79 Å². The number of ether oxygens (including phenoxy) is 1. The van der Waals surface area contributed by atoms with Crippen molar-refractivity contribution in [2.45, 2.75) is 11.3 Å². The lowest BCUT2D eigenvalue weighted by atomic mass is 10.0. The fourth-order valence-corrected chi connectivity index (χ4v) is 3.27. The first-order valence-corrected chi connectivity index (χ1v) is 8.16. The van der Waals surface area contributed by atoms with Gasteiger partial charge in [0.15, 0.2) is 10.2 Å². The highest BCUT2D eigenvalue weighted by Crippen LogP contribution is 2.47. The zero-order valence-electron chi connectivity index (χ0n) is 12.8. The molecule has 1 aromatic heterocycles. The molecule has 0 aliphatic carbocycles. The van der Waals surface area contributed by atoms with E-state index in [0.29, 0.717) is 34.2 Å². The van der Waals surface area contributed by atoms with Crippen molar-refractivity contribution in [3.63, 3.8) is 0 Å². The molecule has 3 aromatic rings. The third-order valence-electron chi connectivity index (χ3n) is 3.74. The molecular formula is C18H15Cl2NO3. The summed E-state index contributed by atoms with van der Waals surface area (Å²) < 4.78 is 3.55. The molecule has 0 radical (unpaired) electrons. The van der Waals surface area contributed by atoms with Gasteiger partial charge in [-0.1, -0.05) is 59.6 Å². The molecular weight excluding hydrogens is 349 g/mol. The molecule has 24 heavy (non-hydrogen) atoms. The van der Waals surface area contributed by atoms with Gasteiger partial charge in [0.05, 0.1) is 17.7 Å². The standard InChI is InChI=1S/C18H15Cl2NO3/c1-2-24-17(23)11-8-9-13-14(10-11)21-16(22)15(13)18(19,20)12-6-4-3-5-7-12/h3-10,21-22H,2H2,1H3. The molecule has 0 unspecified atom stereocenters. The van der Waals surface area contributed by atoms with Gasteiger partial charge in [-0.3, -0.25) is 0 Å². The summed E-state index contributed by atoms with van der Waals surface area (Å²) in [6, 6.07) is 14.0. The number of aromatic amines is 1. The van der Waals surface area contributed by atoms with Crippen molar-refractivity contribution in [1.29, 1.82) is 0 Å². The zero-order chi connectivity index (χ0) is 17.3. The number of aromatic hydroxyl groups is 1. The highest BCUT2D eigenvalue weighted by atomic mass is 35.5. The molecule has 4 nitrogen and oxygen atoms in total. The maximum Gasteiger partial charge on any atom is 0.338 e. The van der Waals surface area contributed by atoms with Crippen molar-refractivity contribution >= 4 is 40.1 Å². The molecule has 0 saturated carbocycles. The van der Waals surface area contributed by atoms with Gasteiger partial charge in [-0.15, -0.1) is 0 Å². The largest absolute Gasteiger partial charge is 0.494 e. The van der Waals surface area contributed by atoms with E-state index in [-0.39, 0.29) is 5.88 Å². The van der Waals surface area contributed by atoms with E-state index < -0.39 is 10.3 Å². The Bertz CT molecular complexity index is 888. The Kier molecular flexibility index (Phi) is 4.43. The van der Waals surface area contributed by atoms with Gasteiger partial charge < -0.3 is 14.8 Å². The van der Waals surface area contributed by atoms with Crippen LogP contribution in [0.25, 0.3) is 10.9 Å². The molecule has 0 aliphatic heterocycles. The fraction of sp³-hybridized carbons (Fsp3) is 0.167. The van der Waals surface area contributed by atoms with Crippen LogP contribution in [-0.4, -0.2) is 22.7 Å². The van der Waals surface area contributed by atoms with Crippen LogP contribution in [0.4, 0.5) is 0 Å².